The number of piperazine rings is 1. The number of hydrogen-bond donors (Lipinski definition) is 1. The van der Waals surface area contributed by atoms with Crippen LogP contribution in [0.15, 0.2) is 42.9 Å². The summed E-state index contributed by atoms with van der Waals surface area (Å²) in [4.78, 5) is 24.8. The van der Waals surface area contributed by atoms with Crippen molar-refractivity contribution in [3.05, 3.63) is 42.9 Å². The van der Waals surface area contributed by atoms with Crippen LogP contribution in [0.3, 0.4) is 0 Å². The molecule has 1 aliphatic rings. The number of nitrogens with zero attached hydrogens (tertiary/aromatic N) is 4. The number of pyridine rings is 2. The second-order valence-electron chi connectivity index (χ2n) is 5.68. The minimum absolute atomic E-state index is 0.159. The van der Waals surface area contributed by atoms with E-state index in [1.165, 1.54) is 0 Å². The number of aromatic nitrogens is 2. The maximum atomic E-state index is 12.5. The third kappa shape index (κ3) is 3.40. The molecule has 1 N–H and O–H groups in total. The van der Waals surface area contributed by atoms with Gasteiger partial charge in [0.1, 0.15) is 0 Å². The van der Waals surface area contributed by atoms with Crippen LogP contribution < -0.4 is 15.0 Å². The van der Waals surface area contributed by atoms with Crippen molar-refractivity contribution in [3.8, 4) is 5.75 Å². The summed E-state index contributed by atoms with van der Waals surface area (Å²) in [7, 11) is 1.56. The lowest BCUT2D eigenvalue weighted by Gasteiger charge is -2.41. The summed E-state index contributed by atoms with van der Waals surface area (Å²) < 4.78 is 5.22. The number of rotatable bonds is 3. The Bertz CT molecular complexity index is 694. The highest BCUT2D eigenvalue weighted by molar-refractivity contribution is 5.90. The molecule has 1 atom stereocenters. The van der Waals surface area contributed by atoms with E-state index in [0.717, 1.165) is 12.2 Å². The van der Waals surface area contributed by atoms with Crippen LogP contribution in [-0.4, -0.2) is 53.7 Å². The predicted octanol–water partition coefficient (Wildman–Crippen LogP) is 2.23. The van der Waals surface area contributed by atoms with Crippen molar-refractivity contribution in [3.63, 3.8) is 0 Å². The van der Waals surface area contributed by atoms with Gasteiger partial charge in [0.2, 0.25) is 0 Å². The van der Waals surface area contributed by atoms with Crippen molar-refractivity contribution < 1.29 is 9.53 Å². The number of ether oxygens (including phenoxy) is 1. The number of carbonyl (C=O) groups excluding carboxylic acids is 1. The molecule has 0 aliphatic carbocycles. The van der Waals surface area contributed by atoms with Crippen molar-refractivity contribution in [2.45, 2.75) is 13.0 Å². The first kappa shape index (κ1) is 16.0. The first-order chi connectivity index (χ1) is 11.7. The Balaban J connectivity index is 1.64. The Morgan fingerprint density at radius 1 is 1.25 bits per heavy atom. The summed E-state index contributed by atoms with van der Waals surface area (Å²) >= 11 is 0. The average molecular weight is 327 g/mol. The van der Waals surface area contributed by atoms with E-state index in [-0.39, 0.29) is 12.1 Å². The van der Waals surface area contributed by atoms with Gasteiger partial charge in [-0.2, -0.15) is 0 Å². The molecule has 1 saturated heterocycles. The molecule has 0 aromatic carbocycles. The molecule has 126 valence electrons. The summed E-state index contributed by atoms with van der Waals surface area (Å²) in [5.74, 6) is 0.989. The zero-order valence-corrected chi connectivity index (χ0v) is 13.8. The molecule has 1 unspecified atom stereocenters. The molecule has 0 bridgehead atoms. The van der Waals surface area contributed by atoms with Crippen LogP contribution in [0.1, 0.15) is 6.92 Å². The molecule has 0 radical (unpaired) electrons. The minimum Gasteiger partial charge on any atom is -0.493 e. The summed E-state index contributed by atoms with van der Waals surface area (Å²) in [5.41, 5.74) is 1.13. The Labute approximate surface area is 141 Å². The monoisotopic (exact) mass is 327 g/mol. The van der Waals surface area contributed by atoms with Crippen molar-refractivity contribution in [1.82, 2.24) is 14.9 Å². The molecular weight excluding hydrogens is 306 g/mol. The maximum Gasteiger partial charge on any atom is 0.323 e. The summed E-state index contributed by atoms with van der Waals surface area (Å²) in [5, 5.41) is 2.83. The summed E-state index contributed by atoms with van der Waals surface area (Å²) in [6, 6.07) is 7.58. The normalized spacial score (nSPS) is 17.5. The molecule has 3 rings (SSSR count). The summed E-state index contributed by atoms with van der Waals surface area (Å²) in [6.45, 7) is 4.18. The van der Waals surface area contributed by atoms with E-state index in [4.69, 9.17) is 4.74 Å². The van der Waals surface area contributed by atoms with Gasteiger partial charge in [0.15, 0.2) is 11.6 Å². The number of urea groups is 1. The van der Waals surface area contributed by atoms with Gasteiger partial charge in [-0.25, -0.2) is 9.78 Å². The quantitative estimate of drug-likeness (QED) is 0.936. The predicted molar refractivity (Wildman–Crippen MR) is 92.4 cm³/mol. The van der Waals surface area contributed by atoms with Gasteiger partial charge < -0.3 is 14.5 Å². The van der Waals surface area contributed by atoms with Crippen LogP contribution in [-0.2, 0) is 0 Å². The smallest absolute Gasteiger partial charge is 0.323 e. The molecule has 7 nitrogen and oxygen atoms in total. The van der Waals surface area contributed by atoms with Crippen LogP contribution in [0.5, 0.6) is 5.75 Å². The number of hydrogen-bond acceptors (Lipinski definition) is 5. The van der Waals surface area contributed by atoms with Crippen LogP contribution in [0.4, 0.5) is 16.3 Å². The van der Waals surface area contributed by atoms with E-state index in [1.54, 1.807) is 42.7 Å². The van der Waals surface area contributed by atoms with E-state index in [1.807, 2.05) is 12.1 Å². The van der Waals surface area contributed by atoms with Gasteiger partial charge in [-0.1, -0.05) is 0 Å². The van der Waals surface area contributed by atoms with Gasteiger partial charge in [0, 0.05) is 50.0 Å². The molecular formula is C17H21N5O2. The van der Waals surface area contributed by atoms with Crippen molar-refractivity contribution in [2.24, 2.45) is 0 Å². The van der Waals surface area contributed by atoms with Gasteiger partial charge in [-0.15, -0.1) is 0 Å². The fourth-order valence-electron chi connectivity index (χ4n) is 2.89. The number of methoxy groups -OCH3 is 1. The Kier molecular flexibility index (Phi) is 4.79. The lowest BCUT2D eigenvalue weighted by molar-refractivity contribution is 0.200. The molecule has 7 heteroatoms. The molecule has 2 aromatic heterocycles. The van der Waals surface area contributed by atoms with Gasteiger partial charge >= 0.3 is 6.03 Å². The zero-order chi connectivity index (χ0) is 16.9. The maximum absolute atomic E-state index is 12.5. The van der Waals surface area contributed by atoms with Crippen LogP contribution in [0.25, 0.3) is 0 Å². The van der Waals surface area contributed by atoms with E-state index >= 15 is 0 Å². The minimum atomic E-state index is -0.159. The topological polar surface area (TPSA) is 70.6 Å². The molecule has 0 spiro atoms. The van der Waals surface area contributed by atoms with Gasteiger partial charge in [-0.05, 0) is 31.2 Å². The highest BCUT2D eigenvalue weighted by atomic mass is 16.5. The summed E-state index contributed by atoms with van der Waals surface area (Å²) in [6.07, 6.45) is 5.20. The van der Waals surface area contributed by atoms with E-state index < -0.39 is 0 Å². The Morgan fingerprint density at radius 3 is 2.75 bits per heavy atom. The largest absolute Gasteiger partial charge is 0.493 e. The third-order valence-electron chi connectivity index (χ3n) is 4.13. The SMILES string of the molecule is COc1cccnc1NC(=O)N1CCN(c2ccncc2)C(C)C1. The van der Waals surface area contributed by atoms with Crippen molar-refractivity contribution in [2.75, 3.05) is 37.0 Å². The van der Waals surface area contributed by atoms with Crippen molar-refractivity contribution >= 4 is 17.5 Å². The van der Waals surface area contributed by atoms with Gasteiger partial charge in [-0.3, -0.25) is 10.3 Å². The molecule has 2 amide bonds. The third-order valence-corrected chi connectivity index (χ3v) is 4.13. The number of carbonyl (C=O) groups is 1. The second kappa shape index (κ2) is 7.16. The van der Waals surface area contributed by atoms with Crippen LogP contribution in [0, 0.1) is 0 Å². The lowest BCUT2D eigenvalue weighted by Crippen LogP contribution is -2.54. The Hall–Kier alpha value is -2.83. The molecule has 1 fully saturated rings. The van der Waals surface area contributed by atoms with E-state index in [0.29, 0.717) is 24.7 Å². The lowest BCUT2D eigenvalue weighted by atomic mass is 10.1. The average Bonchev–Trinajstić information content (AvgIpc) is 2.62. The number of anilines is 2. The van der Waals surface area contributed by atoms with Gasteiger partial charge in [0.05, 0.1) is 7.11 Å². The number of nitrogens with one attached hydrogen (secondary N) is 1. The first-order valence-electron chi connectivity index (χ1n) is 7.90. The highest BCUT2D eigenvalue weighted by Crippen LogP contribution is 2.22. The standard InChI is InChI=1S/C17H21N5O2/c1-13-12-21(10-11-22(13)14-5-8-18-9-6-14)17(23)20-16-15(24-2)4-3-7-19-16/h3-9,13H,10-12H2,1-2H3,(H,19,20,23). The fourth-order valence-corrected chi connectivity index (χ4v) is 2.89. The number of amides is 2. The van der Waals surface area contributed by atoms with Crippen molar-refractivity contribution in [1.29, 1.82) is 0 Å². The van der Waals surface area contributed by atoms with Crippen LogP contribution >= 0.6 is 0 Å². The molecule has 3 heterocycles. The molecule has 24 heavy (non-hydrogen) atoms. The molecule has 2 aromatic rings. The fraction of sp³-hybridized carbons (Fsp3) is 0.353. The van der Waals surface area contributed by atoms with E-state index in [2.05, 4.69) is 27.1 Å². The zero-order valence-electron chi connectivity index (χ0n) is 13.8. The van der Waals surface area contributed by atoms with Crippen LogP contribution in [0.2, 0.25) is 0 Å². The van der Waals surface area contributed by atoms with Gasteiger partial charge in [0.25, 0.3) is 0 Å². The highest BCUT2D eigenvalue weighted by Gasteiger charge is 2.27. The molecule has 0 saturated carbocycles. The first-order valence-corrected chi connectivity index (χ1v) is 7.90. The van der Waals surface area contributed by atoms with E-state index in [9.17, 15) is 4.79 Å². The second-order valence-corrected chi connectivity index (χ2v) is 5.68. The molecule has 1 aliphatic heterocycles. The Morgan fingerprint density at radius 2 is 2.04 bits per heavy atom.